The molecule has 0 unspecified atom stereocenters. The molecule has 1 aliphatic heterocycles. The maximum Gasteiger partial charge on any atom is 0.246 e. The lowest BCUT2D eigenvalue weighted by Gasteiger charge is -2.27. The molecule has 88 valence electrons. The summed E-state index contributed by atoms with van der Waals surface area (Å²) in [5.74, 6) is 1.57. The highest BCUT2D eigenvalue weighted by Gasteiger charge is 2.28. The van der Waals surface area contributed by atoms with Gasteiger partial charge in [0, 0.05) is 37.2 Å². The van der Waals surface area contributed by atoms with Gasteiger partial charge in [0.25, 0.3) is 0 Å². The van der Waals surface area contributed by atoms with Crippen LogP contribution in [0, 0.1) is 0 Å². The molecular weight excluding hydrogens is 214 g/mol. The smallest absolute Gasteiger partial charge is 0.246 e. The summed E-state index contributed by atoms with van der Waals surface area (Å²) in [4.78, 5) is 22.3. The zero-order valence-corrected chi connectivity index (χ0v) is 9.72. The molecule has 1 amide bonds. The predicted molar refractivity (Wildman–Crippen MR) is 63.3 cm³/mol. The zero-order valence-electron chi connectivity index (χ0n) is 9.72. The number of aromatic nitrogens is 2. The van der Waals surface area contributed by atoms with Crippen molar-refractivity contribution in [1.82, 2.24) is 14.9 Å². The van der Waals surface area contributed by atoms with Crippen LogP contribution in [-0.2, 0) is 17.8 Å². The molecule has 4 heteroatoms. The molecule has 2 heterocycles. The van der Waals surface area contributed by atoms with E-state index in [2.05, 4.69) is 16.5 Å². The second-order valence-corrected chi connectivity index (χ2v) is 4.69. The molecule has 0 atom stereocenters. The molecule has 1 aromatic rings. The summed E-state index contributed by atoms with van der Waals surface area (Å²) in [6, 6.07) is 0. The molecule has 0 aromatic carbocycles. The Labute approximate surface area is 100 Å². The molecule has 3 rings (SSSR count). The number of hydrogen-bond acceptors (Lipinski definition) is 3. The number of amides is 1. The highest BCUT2D eigenvalue weighted by atomic mass is 16.2. The number of carbonyl (C=O) groups is 1. The highest BCUT2D eigenvalue weighted by Crippen LogP contribution is 2.38. The van der Waals surface area contributed by atoms with Gasteiger partial charge in [-0.1, -0.05) is 6.58 Å². The molecule has 17 heavy (non-hydrogen) atoms. The fraction of sp³-hybridized carbons (Fsp3) is 0.462. The Morgan fingerprint density at radius 1 is 1.53 bits per heavy atom. The van der Waals surface area contributed by atoms with Crippen molar-refractivity contribution in [1.29, 1.82) is 0 Å². The minimum atomic E-state index is -0.0121. The normalized spacial score (nSPS) is 18.7. The summed E-state index contributed by atoms with van der Waals surface area (Å²) in [5, 5.41) is 0. The number of fused-ring (bicyclic) bond motifs is 1. The summed E-state index contributed by atoms with van der Waals surface area (Å²) in [6.45, 7) is 4.87. The second kappa shape index (κ2) is 3.95. The Balaban J connectivity index is 1.83. The Hall–Kier alpha value is -1.71. The Morgan fingerprint density at radius 2 is 2.35 bits per heavy atom. The molecule has 0 saturated heterocycles. The van der Waals surface area contributed by atoms with Gasteiger partial charge >= 0.3 is 0 Å². The van der Waals surface area contributed by atoms with E-state index in [4.69, 9.17) is 0 Å². The van der Waals surface area contributed by atoms with E-state index in [1.807, 2.05) is 6.20 Å². The number of rotatable bonds is 2. The quantitative estimate of drug-likeness (QED) is 0.721. The lowest BCUT2D eigenvalue weighted by Crippen LogP contribution is -2.35. The lowest BCUT2D eigenvalue weighted by molar-refractivity contribution is -0.126. The van der Waals surface area contributed by atoms with Gasteiger partial charge in [-0.3, -0.25) is 4.79 Å². The van der Waals surface area contributed by atoms with Crippen LogP contribution >= 0.6 is 0 Å². The van der Waals surface area contributed by atoms with E-state index in [0.29, 0.717) is 12.5 Å². The Kier molecular flexibility index (Phi) is 2.42. The van der Waals surface area contributed by atoms with Crippen molar-refractivity contribution < 1.29 is 4.79 Å². The SMILES string of the molecule is C=CC(=O)N1CCc2nc(C3CC3)ncc2C1. The zero-order chi connectivity index (χ0) is 11.8. The molecule has 4 nitrogen and oxygen atoms in total. The fourth-order valence-electron chi connectivity index (χ4n) is 2.19. The molecule has 0 radical (unpaired) electrons. The summed E-state index contributed by atoms with van der Waals surface area (Å²) in [5.41, 5.74) is 2.20. The van der Waals surface area contributed by atoms with Gasteiger partial charge in [-0.2, -0.15) is 0 Å². The van der Waals surface area contributed by atoms with Crippen LogP contribution in [0.5, 0.6) is 0 Å². The van der Waals surface area contributed by atoms with E-state index in [-0.39, 0.29) is 5.91 Å². The van der Waals surface area contributed by atoms with Gasteiger partial charge in [-0.25, -0.2) is 9.97 Å². The lowest BCUT2D eigenvalue weighted by atomic mass is 10.1. The number of nitrogens with zero attached hydrogens (tertiary/aromatic N) is 3. The van der Waals surface area contributed by atoms with Crippen molar-refractivity contribution >= 4 is 5.91 Å². The van der Waals surface area contributed by atoms with Crippen LogP contribution in [0.1, 0.15) is 35.8 Å². The molecule has 1 fully saturated rings. The third-order valence-corrected chi connectivity index (χ3v) is 3.38. The van der Waals surface area contributed by atoms with Gasteiger partial charge in [0.2, 0.25) is 5.91 Å². The monoisotopic (exact) mass is 229 g/mol. The van der Waals surface area contributed by atoms with Gasteiger partial charge in [0.15, 0.2) is 0 Å². The van der Waals surface area contributed by atoms with Crippen molar-refractivity contribution in [3.8, 4) is 0 Å². The topological polar surface area (TPSA) is 46.1 Å². The first-order chi connectivity index (χ1) is 8.28. The molecule has 2 aliphatic rings. The first-order valence-corrected chi connectivity index (χ1v) is 6.04. The van der Waals surface area contributed by atoms with Gasteiger partial charge in [-0.05, 0) is 18.9 Å². The summed E-state index contributed by atoms with van der Waals surface area (Å²) in [7, 11) is 0. The van der Waals surface area contributed by atoms with Crippen LogP contribution in [0.4, 0.5) is 0 Å². The van der Waals surface area contributed by atoms with Gasteiger partial charge < -0.3 is 4.90 Å². The molecular formula is C13H15N3O. The van der Waals surface area contributed by atoms with E-state index in [1.165, 1.54) is 18.9 Å². The van der Waals surface area contributed by atoms with Crippen molar-refractivity contribution in [2.24, 2.45) is 0 Å². The summed E-state index contributed by atoms with van der Waals surface area (Å²) < 4.78 is 0. The van der Waals surface area contributed by atoms with Gasteiger partial charge in [-0.15, -0.1) is 0 Å². The van der Waals surface area contributed by atoms with Crippen LogP contribution in [0.25, 0.3) is 0 Å². The highest BCUT2D eigenvalue weighted by molar-refractivity contribution is 5.87. The van der Waals surface area contributed by atoms with E-state index in [9.17, 15) is 4.79 Å². The average Bonchev–Trinajstić information content (AvgIpc) is 3.21. The molecule has 1 aromatic heterocycles. The van der Waals surface area contributed by atoms with Crippen LogP contribution in [0.3, 0.4) is 0 Å². The van der Waals surface area contributed by atoms with Crippen LogP contribution in [0.15, 0.2) is 18.9 Å². The first kappa shape index (κ1) is 10.4. The molecule has 0 spiro atoms. The largest absolute Gasteiger partial charge is 0.334 e. The third kappa shape index (κ3) is 1.95. The first-order valence-electron chi connectivity index (χ1n) is 6.04. The Morgan fingerprint density at radius 3 is 3.06 bits per heavy atom. The van der Waals surface area contributed by atoms with E-state index >= 15 is 0 Å². The van der Waals surface area contributed by atoms with Crippen LogP contribution < -0.4 is 0 Å². The minimum Gasteiger partial charge on any atom is -0.334 e. The van der Waals surface area contributed by atoms with Gasteiger partial charge in [0.1, 0.15) is 5.82 Å². The van der Waals surface area contributed by atoms with E-state index in [1.54, 1.807) is 4.90 Å². The van der Waals surface area contributed by atoms with Crippen molar-refractivity contribution in [2.45, 2.75) is 31.7 Å². The number of hydrogen-bond donors (Lipinski definition) is 0. The van der Waals surface area contributed by atoms with E-state index < -0.39 is 0 Å². The maximum absolute atomic E-state index is 11.5. The number of carbonyl (C=O) groups excluding carboxylic acids is 1. The van der Waals surface area contributed by atoms with Crippen molar-refractivity contribution in [2.75, 3.05) is 6.54 Å². The summed E-state index contributed by atoms with van der Waals surface area (Å²) in [6.07, 6.45) is 6.53. The third-order valence-electron chi connectivity index (χ3n) is 3.38. The Bertz CT molecular complexity index is 480. The maximum atomic E-state index is 11.5. The molecule has 1 saturated carbocycles. The average molecular weight is 229 g/mol. The minimum absolute atomic E-state index is 0.0121. The van der Waals surface area contributed by atoms with E-state index in [0.717, 1.165) is 30.0 Å². The molecule has 0 N–H and O–H groups in total. The fourth-order valence-corrected chi connectivity index (χ4v) is 2.19. The van der Waals surface area contributed by atoms with Crippen molar-refractivity contribution in [3.05, 3.63) is 35.9 Å². The standard InChI is InChI=1S/C13H15N3O/c1-2-12(17)16-6-5-11-10(8-16)7-14-13(15-11)9-3-4-9/h2,7,9H,1,3-6,8H2. The molecule has 1 aliphatic carbocycles. The molecule has 0 bridgehead atoms. The summed E-state index contributed by atoms with van der Waals surface area (Å²) >= 11 is 0. The van der Waals surface area contributed by atoms with Crippen molar-refractivity contribution in [3.63, 3.8) is 0 Å². The second-order valence-electron chi connectivity index (χ2n) is 4.69. The van der Waals surface area contributed by atoms with Crippen LogP contribution in [-0.4, -0.2) is 27.3 Å². The van der Waals surface area contributed by atoms with Gasteiger partial charge in [0.05, 0.1) is 5.69 Å². The predicted octanol–water partition coefficient (Wildman–Crippen LogP) is 1.42. The van der Waals surface area contributed by atoms with Crippen LogP contribution in [0.2, 0.25) is 0 Å².